The molecule has 19 heavy (non-hydrogen) atoms. The van der Waals surface area contributed by atoms with E-state index in [1.54, 1.807) is 12.4 Å². The first-order chi connectivity index (χ1) is 9.28. The van der Waals surface area contributed by atoms with Gasteiger partial charge in [-0.25, -0.2) is 4.98 Å². The zero-order chi connectivity index (χ0) is 13.5. The molecule has 0 aliphatic heterocycles. The van der Waals surface area contributed by atoms with Crippen LogP contribution in [-0.4, -0.2) is 33.1 Å². The van der Waals surface area contributed by atoms with Gasteiger partial charge < -0.3 is 5.11 Å². The summed E-state index contributed by atoms with van der Waals surface area (Å²) in [7, 11) is 0. The summed E-state index contributed by atoms with van der Waals surface area (Å²) in [5.41, 5.74) is 2.20. The van der Waals surface area contributed by atoms with Crippen LogP contribution >= 0.6 is 11.6 Å². The lowest BCUT2D eigenvalue weighted by atomic mass is 10.2. The maximum atomic E-state index is 9.15. The van der Waals surface area contributed by atoms with Crippen LogP contribution in [0.15, 0.2) is 42.9 Å². The summed E-state index contributed by atoms with van der Waals surface area (Å²) >= 11 is 5.88. The van der Waals surface area contributed by atoms with Gasteiger partial charge in [0.05, 0.1) is 6.61 Å². The number of rotatable bonds is 6. The smallest absolute Gasteiger partial charge is 0.129 e. The standard InChI is InChI=1S/C14H16ClN3O/c15-14-8-12(3-5-17-14)10-18(6-7-19)11-13-2-1-4-16-9-13/h1-5,8-9,19H,6-7,10-11H2. The molecule has 0 saturated heterocycles. The van der Waals surface area contributed by atoms with E-state index in [1.807, 2.05) is 30.5 Å². The van der Waals surface area contributed by atoms with Gasteiger partial charge in [0, 0.05) is 38.2 Å². The maximum Gasteiger partial charge on any atom is 0.129 e. The van der Waals surface area contributed by atoms with E-state index < -0.39 is 0 Å². The minimum Gasteiger partial charge on any atom is -0.395 e. The molecule has 5 heteroatoms. The molecule has 0 aliphatic carbocycles. The van der Waals surface area contributed by atoms with Crippen molar-refractivity contribution in [1.29, 1.82) is 0 Å². The highest BCUT2D eigenvalue weighted by molar-refractivity contribution is 6.29. The Morgan fingerprint density at radius 3 is 2.68 bits per heavy atom. The lowest BCUT2D eigenvalue weighted by Gasteiger charge is -2.21. The van der Waals surface area contributed by atoms with Gasteiger partial charge in [0.15, 0.2) is 0 Å². The van der Waals surface area contributed by atoms with Crippen molar-refractivity contribution in [2.24, 2.45) is 0 Å². The molecule has 2 heterocycles. The Morgan fingerprint density at radius 1 is 1.16 bits per heavy atom. The van der Waals surface area contributed by atoms with E-state index in [0.29, 0.717) is 11.7 Å². The van der Waals surface area contributed by atoms with E-state index in [4.69, 9.17) is 16.7 Å². The van der Waals surface area contributed by atoms with Crippen molar-refractivity contribution in [3.63, 3.8) is 0 Å². The lowest BCUT2D eigenvalue weighted by Crippen LogP contribution is -2.26. The molecule has 100 valence electrons. The van der Waals surface area contributed by atoms with Crippen LogP contribution < -0.4 is 0 Å². The zero-order valence-corrected chi connectivity index (χ0v) is 11.3. The van der Waals surface area contributed by atoms with E-state index in [9.17, 15) is 0 Å². The number of hydrogen-bond acceptors (Lipinski definition) is 4. The molecule has 0 atom stereocenters. The molecule has 2 aromatic rings. The molecular formula is C14H16ClN3O. The molecule has 4 nitrogen and oxygen atoms in total. The van der Waals surface area contributed by atoms with E-state index in [2.05, 4.69) is 14.9 Å². The molecule has 2 rings (SSSR count). The lowest BCUT2D eigenvalue weighted by molar-refractivity contribution is 0.184. The maximum absolute atomic E-state index is 9.15. The number of aliphatic hydroxyl groups excluding tert-OH is 1. The highest BCUT2D eigenvalue weighted by atomic mass is 35.5. The van der Waals surface area contributed by atoms with Crippen LogP contribution in [0.25, 0.3) is 0 Å². The third-order valence-electron chi connectivity index (χ3n) is 2.74. The van der Waals surface area contributed by atoms with Crippen LogP contribution in [0.1, 0.15) is 11.1 Å². The number of pyridine rings is 2. The van der Waals surface area contributed by atoms with E-state index in [1.165, 1.54) is 0 Å². The highest BCUT2D eigenvalue weighted by Gasteiger charge is 2.07. The molecule has 2 aromatic heterocycles. The third-order valence-corrected chi connectivity index (χ3v) is 2.95. The monoisotopic (exact) mass is 277 g/mol. The first kappa shape index (κ1) is 13.9. The zero-order valence-electron chi connectivity index (χ0n) is 10.5. The van der Waals surface area contributed by atoms with Gasteiger partial charge in [0.1, 0.15) is 5.15 Å². The van der Waals surface area contributed by atoms with Crippen molar-refractivity contribution >= 4 is 11.6 Å². The predicted octanol–water partition coefficient (Wildman–Crippen LogP) is 2.12. The fourth-order valence-corrected chi connectivity index (χ4v) is 2.10. The summed E-state index contributed by atoms with van der Waals surface area (Å²) in [5, 5.41) is 9.64. The summed E-state index contributed by atoms with van der Waals surface area (Å²) < 4.78 is 0. The van der Waals surface area contributed by atoms with Crippen molar-refractivity contribution in [3.8, 4) is 0 Å². The fourth-order valence-electron chi connectivity index (χ4n) is 1.90. The molecule has 0 spiro atoms. The summed E-state index contributed by atoms with van der Waals surface area (Å²) in [4.78, 5) is 10.2. The molecule has 0 fully saturated rings. The second-order valence-corrected chi connectivity index (χ2v) is 4.67. The van der Waals surface area contributed by atoms with Crippen LogP contribution in [0.5, 0.6) is 0 Å². The van der Waals surface area contributed by atoms with Crippen LogP contribution in [-0.2, 0) is 13.1 Å². The van der Waals surface area contributed by atoms with Crippen molar-refractivity contribution in [3.05, 3.63) is 59.1 Å². The van der Waals surface area contributed by atoms with Crippen LogP contribution in [0.4, 0.5) is 0 Å². The average molecular weight is 278 g/mol. The van der Waals surface area contributed by atoms with Crippen LogP contribution in [0.3, 0.4) is 0 Å². The molecular weight excluding hydrogens is 262 g/mol. The molecule has 1 N–H and O–H groups in total. The second kappa shape index (κ2) is 7.19. The van der Waals surface area contributed by atoms with Gasteiger partial charge in [0.2, 0.25) is 0 Å². The normalized spacial score (nSPS) is 10.9. The van der Waals surface area contributed by atoms with Gasteiger partial charge in [-0.2, -0.15) is 0 Å². The minimum atomic E-state index is 0.124. The van der Waals surface area contributed by atoms with Gasteiger partial charge in [-0.1, -0.05) is 17.7 Å². The number of halogens is 1. The Balaban J connectivity index is 2.04. The summed E-state index contributed by atoms with van der Waals surface area (Å²) in [6.45, 7) is 2.19. The van der Waals surface area contributed by atoms with E-state index >= 15 is 0 Å². The van der Waals surface area contributed by atoms with Crippen molar-refractivity contribution in [2.45, 2.75) is 13.1 Å². The Bertz CT molecular complexity index is 507. The summed E-state index contributed by atoms with van der Waals surface area (Å²) in [5.74, 6) is 0. The summed E-state index contributed by atoms with van der Waals surface area (Å²) in [6.07, 6.45) is 5.28. The van der Waals surface area contributed by atoms with Gasteiger partial charge >= 0.3 is 0 Å². The van der Waals surface area contributed by atoms with Crippen LogP contribution in [0, 0.1) is 0 Å². The van der Waals surface area contributed by atoms with E-state index in [0.717, 1.165) is 24.2 Å². The number of aromatic nitrogens is 2. The Morgan fingerprint density at radius 2 is 2.00 bits per heavy atom. The third kappa shape index (κ3) is 4.59. The van der Waals surface area contributed by atoms with Gasteiger partial charge in [-0.15, -0.1) is 0 Å². The van der Waals surface area contributed by atoms with Crippen molar-refractivity contribution in [2.75, 3.05) is 13.2 Å². The van der Waals surface area contributed by atoms with Crippen molar-refractivity contribution in [1.82, 2.24) is 14.9 Å². The summed E-state index contributed by atoms with van der Waals surface area (Å²) in [6, 6.07) is 7.71. The minimum absolute atomic E-state index is 0.124. The van der Waals surface area contributed by atoms with Gasteiger partial charge in [-0.3, -0.25) is 9.88 Å². The van der Waals surface area contributed by atoms with E-state index in [-0.39, 0.29) is 6.61 Å². The molecule has 0 unspecified atom stereocenters. The second-order valence-electron chi connectivity index (χ2n) is 4.28. The van der Waals surface area contributed by atoms with Gasteiger partial charge in [0.25, 0.3) is 0 Å². The first-order valence-corrected chi connectivity index (χ1v) is 6.48. The predicted molar refractivity (Wildman–Crippen MR) is 74.7 cm³/mol. The Hall–Kier alpha value is -1.49. The quantitative estimate of drug-likeness (QED) is 0.822. The molecule has 0 aromatic carbocycles. The first-order valence-electron chi connectivity index (χ1n) is 6.10. The molecule has 0 bridgehead atoms. The molecule has 0 radical (unpaired) electrons. The number of hydrogen-bond donors (Lipinski definition) is 1. The Labute approximate surface area is 117 Å². The Kier molecular flexibility index (Phi) is 5.27. The number of nitrogens with zero attached hydrogens (tertiary/aromatic N) is 3. The number of aliphatic hydroxyl groups is 1. The van der Waals surface area contributed by atoms with Gasteiger partial charge in [-0.05, 0) is 29.3 Å². The average Bonchev–Trinajstić information content (AvgIpc) is 2.40. The largest absolute Gasteiger partial charge is 0.395 e. The molecule has 0 saturated carbocycles. The highest BCUT2D eigenvalue weighted by Crippen LogP contribution is 2.12. The van der Waals surface area contributed by atoms with Crippen LogP contribution in [0.2, 0.25) is 5.15 Å². The fraction of sp³-hybridized carbons (Fsp3) is 0.286. The van der Waals surface area contributed by atoms with Crippen molar-refractivity contribution < 1.29 is 5.11 Å². The molecule has 0 amide bonds. The SMILES string of the molecule is OCCN(Cc1cccnc1)Cc1ccnc(Cl)c1. The topological polar surface area (TPSA) is 49.2 Å². The molecule has 0 aliphatic rings.